The maximum Gasteiger partial charge on any atom is 0.295 e. The third kappa shape index (κ3) is 3.11. The molecule has 1 amide bonds. The minimum atomic E-state index is -0.145. The molecule has 1 heterocycles. The first-order valence-electron chi connectivity index (χ1n) is 5.74. The second-order valence-electron chi connectivity index (χ2n) is 4.18. The summed E-state index contributed by atoms with van der Waals surface area (Å²) in [7, 11) is 0. The van der Waals surface area contributed by atoms with Gasteiger partial charge in [-0.3, -0.25) is 10.6 Å². The van der Waals surface area contributed by atoms with Crippen molar-refractivity contribution in [2.24, 2.45) is 0 Å². The third-order valence-corrected chi connectivity index (χ3v) is 3.29. The molecule has 0 aliphatic carbocycles. The fraction of sp³-hybridized carbons (Fsp3) is 0.250. The summed E-state index contributed by atoms with van der Waals surface area (Å²) in [5.41, 5.74) is 0.746. The number of nitrogen functional groups attached to an aromatic ring is 1. The SMILES string of the molecule is Cc1nn(CC(=O)Nc2ccc(Br)cc2)c(C)[n+]1N. The molecule has 0 radical (unpaired) electrons. The lowest BCUT2D eigenvalue weighted by molar-refractivity contribution is -0.652. The van der Waals surface area contributed by atoms with Crippen molar-refractivity contribution in [3.63, 3.8) is 0 Å². The van der Waals surface area contributed by atoms with Crippen LogP contribution in [0.15, 0.2) is 28.7 Å². The number of carbonyl (C=O) groups is 1. The van der Waals surface area contributed by atoms with E-state index in [4.69, 9.17) is 5.84 Å². The first-order valence-corrected chi connectivity index (χ1v) is 6.53. The number of hydrogen-bond donors (Lipinski definition) is 2. The Morgan fingerprint density at radius 2 is 2.05 bits per heavy atom. The zero-order valence-electron chi connectivity index (χ0n) is 10.7. The smallest absolute Gasteiger partial charge is 0.295 e. The number of aromatic nitrogens is 3. The van der Waals surface area contributed by atoms with Gasteiger partial charge in [-0.05, 0) is 24.3 Å². The number of halogens is 1. The van der Waals surface area contributed by atoms with Gasteiger partial charge in [0.25, 0.3) is 17.6 Å². The summed E-state index contributed by atoms with van der Waals surface area (Å²) in [4.78, 5) is 11.9. The largest absolute Gasteiger partial charge is 0.323 e. The molecule has 3 N–H and O–H groups in total. The molecule has 0 bridgehead atoms. The predicted octanol–water partition coefficient (Wildman–Crippen LogP) is 0.902. The van der Waals surface area contributed by atoms with Gasteiger partial charge in [0.1, 0.15) is 0 Å². The van der Waals surface area contributed by atoms with Crippen LogP contribution < -0.4 is 15.8 Å². The van der Waals surface area contributed by atoms with E-state index in [0.717, 1.165) is 16.0 Å². The molecule has 0 aliphatic rings. The number of carbonyl (C=O) groups excluding carboxylic acids is 1. The van der Waals surface area contributed by atoms with Crippen molar-refractivity contribution in [2.75, 3.05) is 11.2 Å². The average molecular weight is 325 g/mol. The number of aryl methyl sites for hydroxylation is 1. The molecule has 19 heavy (non-hydrogen) atoms. The molecule has 1 aromatic carbocycles. The topological polar surface area (TPSA) is 76.8 Å². The summed E-state index contributed by atoms with van der Waals surface area (Å²) in [6.07, 6.45) is 0. The minimum Gasteiger partial charge on any atom is -0.323 e. The van der Waals surface area contributed by atoms with Crippen LogP contribution in [-0.4, -0.2) is 15.7 Å². The van der Waals surface area contributed by atoms with E-state index in [-0.39, 0.29) is 12.5 Å². The highest BCUT2D eigenvalue weighted by molar-refractivity contribution is 9.10. The van der Waals surface area contributed by atoms with Gasteiger partial charge in [0.2, 0.25) is 0 Å². The maximum atomic E-state index is 11.9. The zero-order valence-corrected chi connectivity index (χ0v) is 12.3. The van der Waals surface area contributed by atoms with Gasteiger partial charge in [0.15, 0.2) is 6.54 Å². The molecule has 0 saturated carbocycles. The Morgan fingerprint density at radius 1 is 1.42 bits per heavy atom. The normalized spacial score (nSPS) is 10.5. The van der Waals surface area contributed by atoms with Crippen LogP contribution in [0.1, 0.15) is 11.6 Å². The standard InChI is InChI=1S/C12H14BrN5O/c1-8-16-17(9(2)18(8)14)7-12(19)15-11-5-3-10(13)4-6-11/h3-6H,7,14H2,1-2H3/p+1. The van der Waals surface area contributed by atoms with Gasteiger partial charge < -0.3 is 5.32 Å². The Morgan fingerprint density at radius 3 is 2.58 bits per heavy atom. The molecule has 100 valence electrons. The van der Waals surface area contributed by atoms with E-state index in [1.54, 1.807) is 11.6 Å². The molecular formula is C12H15BrN5O+. The first kappa shape index (κ1) is 13.5. The Kier molecular flexibility index (Phi) is 3.84. The van der Waals surface area contributed by atoms with Crippen LogP contribution in [0.25, 0.3) is 0 Å². The van der Waals surface area contributed by atoms with Gasteiger partial charge in [-0.2, -0.15) is 0 Å². The number of amides is 1. The summed E-state index contributed by atoms with van der Waals surface area (Å²) in [6.45, 7) is 3.73. The molecular weight excluding hydrogens is 310 g/mol. The second kappa shape index (κ2) is 5.40. The van der Waals surface area contributed by atoms with Crippen LogP contribution in [0.3, 0.4) is 0 Å². The van der Waals surface area contributed by atoms with E-state index in [0.29, 0.717) is 5.82 Å². The van der Waals surface area contributed by atoms with Crippen LogP contribution in [0, 0.1) is 13.8 Å². The summed E-state index contributed by atoms with van der Waals surface area (Å²) < 4.78 is 3.99. The highest BCUT2D eigenvalue weighted by Gasteiger charge is 2.19. The number of hydrogen-bond acceptors (Lipinski definition) is 3. The quantitative estimate of drug-likeness (QED) is 0.650. The molecule has 0 saturated heterocycles. The van der Waals surface area contributed by atoms with Crippen molar-refractivity contribution in [1.29, 1.82) is 0 Å². The zero-order chi connectivity index (χ0) is 14.0. The minimum absolute atomic E-state index is 0.132. The van der Waals surface area contributed by atoms with E-state index in [1.165, 1.54) is 4.68 Å². The fourth-order valence-corrected chi connectivity index (χ4v) is 1.94. The lowest BCUT2D eigenvalue weighted by atomic mass is 10.3. The van der Waals surface area contributed by atoms with Crippen molar-refractivity contribution in [1.82, 2.24) is 9.78 Å². The summed E-state index contributed by atoms with van der Waals surface area (Å²) in [6, 6.07) is 7.39. The van der Waals surface area contributed by atoms with Crippen molar-refractivity contribution < 1.29 is 9.47 Å². The van der Waals surface area contributed by atoms with E-state index < -0.39 is 0 Å². The molecule has 6 nitrogen and oxygen atoms in total. The fourth-order valence-electron chi connectivity index (χ4n) is 1.67. The van der Waals surface area contributed by atoms with Crippen LogP contribution >= 0.6 is 15.9 Å². The Hall–Kier alpha value is -1.89. The Balaban J connectivity index is 2.05. The van der Waals surface area contributed by atoms with Crippen LogP contribution in [0.5, 0.6) is 0 Å². The molecule has 0 atom stereocenters. The summed E-state index contributed by atoms with van der Waals surface area (Å²) in [5, 5.41) is 6.99. The van der Waals surface area contributed by atoms with E-state index in [9.17, 15) is 4.79 Å². The molecule has 0 fully saturated rings. The third-order valence-electron chi connectivity index (χ3n) is 2.76. The summed E-state index contributed by atoms with van der Waals surface area (Å²) in [5.74, 6) is 6.99. The molecule has 2 aromatic rings. The van der Waals surface area contributed by atoms with Gasteiger partial charge in [0.05, 0.1) is 0 Å². The van der Waals surface area contributed by atoms with Gasteiger partial charge in [0, 0.05) is 29.1 Å². The lowest BCUT2D eigenvalue weighted by Gasteiger charge is -2.03. The first-order chi connectivity index (χ1) is 8.97. The average Bonchev–Trinajstić information content (AvgIpc) is 2.60. The number of anilines is 1. The molecule has 2 rings (SSSR count). The number of benzene rings is 1. The Labute approximate surface area is 119 Å². The van der Waals surface area contributed by atoms with Gasteiger partial charge in [-0.15, -0.1) is 9.36 Å². The maximum absolute atomic E-state index is 11.9. The van der Waals surface area contributed by atoms with Crippen molar-refractivity contribution in [2.45, 2.75) is 20.4 Å². The highest BCUT2D eigenvalue weighted by Crippen LogP contribution is 2.14. The number of nitrogens with two attached hydrogens (primary N) is 1. The second-order valence-corrected chi connectivity index (χ2v) is 5.09. The van der Waals surface area contributed by atoms with Crippen molar-refractivity contribution in [3.05, 3.63) is 40.4 Å². The van der Waals surface area contributed by atoms with Crippen molar-refractivity contribution in [3.8, 4) is 0 Å². The van der Waals surface area contributed by atoms with Gasteiger partial charge >= 0.3 is 0 Å². The number of nitrogens with zero attached hydrogens (tertiary/aromatic N) is 3. The van der Waals surface area contributed by atoms with Crippen molar-refractivity contribution >= 4 is 27.5 Å². The van der Waals surface area contributed by atoms with Crippen LogP contribution in [0.4, 0.5) is 5.69 Å². The molecule has 7 heteroatoms. The monoisotopic (exact) mass is 324 g/mol. The van der Waals surface area contributed by atoms with Gasteiger partial charge in [-0.1, -0.05) is 15.9 Å². The molecule has 1 aromatic heterocycles. The van der Waals surface area contributed by atoms with Crippen LogP contribution in [-0.2, 0) is 11.3 Å². The predicted molar refractivity (Wildman–Crippen MR) is 74.8 cm³/mol. The number of nitrogens with one attached hydrogen (secondary N) is 1. The number of rotatable bonds is 3. The molecule has 0 spiro atoms. The van der Waals surface area contributed by atoms with Gasteiger partial charge in [-0.25, -0.2) is 0 Å². The van der Waals surface area contributed by atoms with E-state index in [2.05, 4.69) is 26.3 Å². The highest BCUT2D eigenvalue weighted by atomic mass is 79.9. The van der Waals surface area contributed by atoms with E-state index in [1.807, 2.05) is 31.2 Å². The van der Waals surface area contributed by atoms with Crippen LogP contribution in [0.2, 0.25) is 0 Å². The van der Waals surface area contributed by atoms with E-state index >= 15 is 0 Å². The Bertz CT molecular complexity index is 605. The molecule has 0 aliphatic heterocycles. The summed E-state index contributed by atoms with van der Waals surface area (Å²) >= 11 is 3.34. The molecule has 0 unspecified atom stereocenters. The lowest BCUT2D eigenvalue weighted by Crippen LogP contribution is -2.48.